The van der Waals surface area contributed by atoms with Crippen molar-refractivity contribution in [3.8, 4) is 0 Å². The molecule has 0 heterocycles. The summed E-state index contributed by atoms with van der Waals surface area (Å²) in [6.45, 7) is -1.49. The summed E-state index contributed by atoms with van der Waals surface area (Å²) in [5, 5.41) is 76.3. The van der Waals surface area contributed by atoms with Gasteiger partial charge in [-0.05, 0) is 0 Å². The van der Waals surface area contributed by atoms with Gasteiger partial charge in [0, 0.05) is 0 Å². The lowest BCUT2D eigenvalue weighted by Crippen LogP contribution is -2.43. The number of aliphatic hydroxyl groups excluding tert-OH is 8. The summed E-state index contributed by atoms with van der Waals surface area (Å²) in [7, 11) is 0. The molecule has 11 nitrogen and oxygen atoms in total. The molecule has 0 spiro atoms. The minimum absolute atomic E-state index is 0.0869. The monoisotopic (exact) mass is 316 g/mol. The van der Waals surface area contributed by atoms with Crippen LogP contribution < -0.4 is 0 Å². The summed E-state index contributed by atoms with van der Waals surface area (Å²) in [6, 6.07) is 0. The highest BCUT2D eigenvalue weighted by molar-refractivity contribution is 5.72. The molecule has 6 atom stereocenters. The van der Waals surface area contributed by atoms with Crippen LogP contribution in [0.1, 0.15) is 0 Å². The molecule has 0 bridgehead atoms. The van der Waals surface area contributed by atoms with E-state index in [2.05, 4.69) is 0 Å². The fraction of sp³-hybridized carbons (Fsp3) is 0.800. The Bertz CT molecular complexity index is 297. The number of rotatable bonds is 8. The molecule has 21 heavy (non-hydrogen) atoms. The molecule has 0 saturated carbocycles. The summed E-state index contributed by atoms with van der Waals surface area (Å²) in [5.74, 6) is -1.65. The average molecular weight is 316 g/mol. The Labute approximate surface area is 119 Å². The molecule has 0 saturated heterocycles. The van der Waals surface area contributed by atoms with Gasteiger partial charge in [0.15, 0.2) is 12.4 Å². The van der Waals surface area contributed by atoms with E-state index in [0.29, 0.717) is 0 Å². The number of carbonyl (C=O) groups is 2. The molecular formula is C10H20O11. The molecule has 3 unspecified atom stereocenters. The topological polar surface area (TPSA) is 216 Å². The van der Waals surface area contributed by atoms with Crippen LogP contribution in [0, 0.1) is 0 Å². The number of carbonyl (C=O) groups excluding carboxylic acids is 1. The third-order valence-electron chi connectivity index (χ3n) is 2.23. The fourth-order valence-corrected chi connectivity index (χ4v) is 0.881. The Morgan fingerprint density at radius 1 is 0.857 bits per heavy atom. The SMILES string of the molecule is O=C(O)C(O)C(O)C(O)CO.O=C[C@H](O)[C@@H](O)[C@H](O)CO. The van der Waals surface area contributed by atoms with Crippen molar-refractivity contribution in [1.82, 2.24) is 0 Å². The molecule has 0 amide bonds. The minimum Gasteiger partial charge on any atom is -0.479 e. The third kappa shape index (κ3) is 8.64. The minimum atomic E-state index is -2.07. The zero-order valence-electron chi connectivity index (χ0n) is 10.8. The van der Waals surface area contributed by atoms with Gasteiger partial charge in [0.05, 0.1) is 13.2 Å². The highest BCUT2D eigenvalue weighted by Gasteiger charge is 2.29. The van der Waals surface area contributed by atoms with E-state index in [9.17, 15) is 9.59 Å². The van der Waals surface area contributed by atoms with Gasteiger partial charge in [0.25, 0.3) is 0 Å². The fourth-order valence-electron chi connectivity index (χ4n) is 0.881. The number of carboxylic acids is 1. The van der Waals surface area contributed by atoms with Gasteiger partial charge in [-0.25, -0.2) is 4.79 Å². The lowest BCUT2D eigenvalue weighted by Gasteiger charge is -2.17. The van der Waals surface area contributed by atoms with Gasteiger partial charge in [-0.2, -0.15) is 0 Å². The predicted molar refractivity (Wildman–Crippen MR) is 63.9 cm³/mol. The van der Waals surface area contributed by atoms with Gasteiger partial charge in [0.2, 0.25) is 0 Å². The van der Waals surface area contributed by atoms with Crippen molar-refractivity contribution in [3.63, 3.8) is 0 Å². The number of carboxylic acid groups (broad SMARTS) is 1. The van der Waals surface area contributed by atoms with Crippen LogP contribution in [-0.4, -0.2) is 108 Å². The molecule has 0 aromatic rings. The second kappa shape index (κ2) is 11.5. The standard InChI is InChI=1S/C5H10O6.C5H10O5/c6-1-2(7)3(8)4(9)5(10)11;6-1-3(8)5(10)4(9)2-7/h2-4,6-9H,1H2,(H,10,11);1,3-5,7-10H,2H2/t;3-,4+,5+/m.0/s1. The molecular weight excluding hydrogens is 296 g/mol. The first-order valence-corrected chi connectivity index (χ1v) is 5.62. The number of hydrogen-bond donors (Lipinski definition) is 9. The molecule has 11 heteroatoms. The van der Waals surface area contributed by atoms with Crippen molar-refractivity contribution in [2.45, 2.75) is 36.6 Å². The maximum absolute atomic E-state index is 9.96. The van der Waals surface area contributed by atoms with Crippen molar-refractivity contribution in [2.75, 3.05) is 13.2 Å². The van der Waals surface area contributed by atoms with Crippen molar-refractivity contribution in [2.24, 2.45) is 0 Å². The van der Waals surface area contributed by atoms with E-state index in [4.69, 9.17) is 46.0 Å². The largest absolute Gasteiger partial charge is 0.479 e. The molecule has 0 aromatic heterocycles. The molecule has 0 fully saturated rings. The van der Waals surface area contributed by atoms with Crippen LogP contribution in [0.3, 0.4) is 0 Å². The molecule has 0 aliphatic heterocycles. The first kappa shape index (κ1) is 22.1. The summed E-state index contributed by atoms with van der Waals surface area (Å²) >= 11 is 0. The predicted octanol–water partition coefficient (Wildman–Crippen LogP) is -5.59. The summed E-state index contributed by atoms with van der Waals surface area (Å²) < 4.78 is 0. The molecule has 9 N–H and O–H groups in total. The van der Waals surface area contributed by atoms with E-state index in [0.717, 1.165) is 0 Å². The highest BCUT2D eigenvalue weighted by atomic mass is 16.4. The van der Waals surface area contributed by atoms with E-state index in [1.54, 1.807) is 0 Å². The van der Waals surface area contributed by atoms with Crippen LogP contribution in [0.25, 0.3) is 0 Å². The summed E-state index contributed by atoms with van der Waals surface area (Å²) in [5.41, 5.74) is 0. The quantitative estimate of drug-likeness (QED) is 0.192. The van der Waals surface area contributed by atoms with Crippen molar-refractivity contribution in [1.29, 1.82) is 0 Å². The van der Waals surface area contributed by atoms with Gasteiger partial charge in [-0.1, -0.05) is 0 Å². The zero-order valence-corrected chi connectivity index (χ0v) is 10.8. The van der Waals surface area contributed by atoms with Crippen LogP contribution in [0.4, 0.5) is 0 Å². The van der Waals surface area contributed by atoms with E-state index >= 15 is 0 Å². The van der Waals surface area contributed by atoms with Gasteiger partial charge in [-0.15, -0.1) is 0 Å². The van der Waals surface area contributed by atoms with Crippen LogP contribution >= 0.6 is 0 Å². The lowest BCUT2D eigenvalue weighted by atomic mass is 10.1. The molecule has 0 aliphatic rings. The first-order chi connectivity index (χ1) is 9.63. The first-order valence-electron chi connectivity index (χ1n) is 5.62. The third-order valence-corrected chi connectivity index (χ3v) is 2.23. The normalized spacial score (nSPS) is 19.2. The van der Waals surface area contributed by atoms with Gasteiger partial charge in [-0.3, -0.25) is 0 Å². The lowest BCUT2D eigenvalue weighted by molar-refractivity contribution is -0.159. The Morgan fingerprint density at radius 2 is 1.24 bits per heavy atom. The molecule has 126 valence electrons. The molecule has 0 aromatic carbocycles. The van der Waals surface area contributed by atoms with Gasteiger partial charge < -0.3 is 50.8 Å². The van der Waals surface area contributed by atoms with Crippen LogP contribution in [0.2, 0.25) is 0 Å². The smallest absolute Gasteiger partial charge is 0.335 e. The van der Waals surface area contributed by atoms with Crippen molar-refractivity contribution in [3.05, 3.63) is 0 Å². The van der Waals surface area contributed by atoms with Crippen molar-refractivity contribution < 1.29 is 55.5 Å². The van der Waals surface area contributed by atoms with Gasteiger partial charge in [0.1, 0.15) is 30.5 Å². The summed E-state index contributed by atoms with van der Waals surface area (Å²) in [6.07, 6.45) is -10.2. The number of aliphatic carboxylic acids is 1. The van der Waals surface area contributed by atoms with Crippen molar-refractivity contribution >= 4 is 12.3 Å². The van der Waals surface area contributed by atoms with Crippen LogP contribution in [-0.2, 0) is 9.59 Å². The van der Waals surface area contributed by atoms with E-state index in [1.165, 1.54) is 0 Å². The van der Waals surface area contributed by atoms with Gasteiger partial charge >= 0.3 is 5.97 Å². The molecule has 0 radical (unpaired) electrons. The Morgan fingerprint density at radius 3 is 1.52 bits per heavy atom. The van der Waals surface area contributed by atoms with Crippen LogP contribution in [0.5, 0.6) is 0 Å². The average Bonchev–Trinajstić information content (AvgIpc) is 2.50. The zero-order chi connectivity index (χ0) is 17.2. The Balaban J connectivity index is 0. The maximum atomic E-state index is 9.96. The molecule has 0 aliphatic carbocycles. The summed E-state index contributed by atoms with van der Waals surface area (Å²) in [4.78, 5) is 19.7. The Hall–Kier alpha value is -1.18. The molecule has 0 rings (SSSR count). The second-order valence-corrected chi connectivity index (χ2v) is 3.89. The van der Waals surface area contributed by atoms with Crippen LogP contribution in [0.15, 0.2) is 0 Å². The van der Waals surface area contributed by atoms with E-state index < -0.39 is 55.8 Å². The Kier molecular flexibility index (Phi) is 12.1. The number of aliphatic hydroxyl groups is 8. The highest BCUT2D eigenvalue weighted by Crippen LogP contribution is 1.99. The number of aldehydes is 1. The number of hydrogen-bond acceptors (Lipinski definition) is 10. The van der Waals surface area contributed by atoms with E-state index in [1.807, 2.05) is 0 Å². The maximum Gasteiger partial charge on any atom is 0.335 e. The second-order valence-electron chi connectivity index (χ2n) is 3.89. The van der Waals surface area contributed by atoms with E-state index in [-0.39, 0.29) is 6.29 Å².